The van der Waals surface area contributed by atoms with Crippen molar-refractivity contribution < 1.29 is 0 Å². The van der Waals surface area contributed by atoms with E-state index in [1.807, 2.05) is 18.5 Å². The molecule has 2 unspecified atom stereocenters. The number of rotatable bonds is 4. The number of aromatic nitrogens is 3. The van der Waals surface area contributed by atoms with Crippen molar-refractivity contribution in [1.82, 2.24) is 25.4 Å². The molecule has 146 valence electrons. The maximum atomic E-state index is 4.88. The summed E-state index contributed by atoms with van der Waals surface area (Å²) < 4.78 is 2.02. The Hall–Kier alpha value is -1.59. The maximum Gasteiger partial charge on any atom is 0.192 e. The van der Waals surface area contributed by atoms with E-state index in [1.165, 1.54) is 51.4 Å². The van der Waals surface area contributed by atoms with Crippen molar-refractivity contribution in [3.8, 4) is 0 Å². The zero-order valence-electron chi connectivity index (χ0n) is 17.0. The molecule has 0 amide bonds. The van der Waals surface area contributed by atoms with Gasteiger partial charge in [0.1, 0.15) is 12.4 Å². The van der Waals surface area contributed by atoms with E-state index in [0.29, 0.717) is 18.6 Å². The van der Waals surface area contributed by atoms with Gasteiger partial charge in [-0.2, -0.15) is 0 Å². The van der Waals surface area contributed by atoms with Crippen LogP contribution < -0.4 is 10.6 Å². The average molecular weight is 361 g/mol. The molecule has 2 saturated carbocycles. The number of nitrogens with one attached hydrogen (secondary N) is 2. The summed E-state index contributed by atoms with van der Waals surface area (Å²) in [6, 6.07) is 1.07. The molecule has 6 heteroatoms. The lowest BCUT2D eigenvalue weighted by molar-refractivity contribution is 0.254. The highest BCUT2D eigenvalue weighted by Crippen LogP contribution is 2.28. The van der Waals surface area contributed by atoms with Crippen LogP contribution in [-0.2, 0) is 13.6 Å². The van der Waals surface area contributed by atoms with Crippen molar-refractivity contribution in [3.63, 3.8) is 0 Å². The van der Waals surface area contributed by atoms with Gasteiger partial charge in [0.25, 0.3) is 0 Å². The smallest absolute Gasteiger partial charge is 0.192 e. The average Bonchev–Trinajstić information content (AvgIpc) is 2.91. The van der Waals surface area contributed by atoms with Crippen LogP contribution in [0.3, 0.4) is 0 Å². The Bertz CT molecular complexity index is 591. The Morgan fingerprint density at radius 2 is 1.65 bits per heavy atom. The first-order chi connectivity index (χ1) is 12.5. The standard InChI is InChI=1S/C20H36N6/c1-14-10-15(2)12-18(11-14)23-20(22-17-8-6-5-7-9-17)21-13-19-25-24-16(3)26(19)4/h14-15,17-18H,5-13H2,1-4H3,(H2,21,22,23). The van der Waals surface area contributed by atoms with E-state index in [0.717, 1.165) is 29.4 Å². The molecular weight excluding hydrogens is 324 g/mol. The molecular formula is C20H36N6. The second kappa shape index (κ2) is 8.87. The Morgan fingerprint density at radius 3 is 2.27 bits per heavy atom. The Balaban J connectivity index is 1.67. The SMILES string of the molecule is Cc1nnc(CN=C(NC2CCCCC2)NC2CC(C)CC(C)C2)n1C. The van der Waals surface area contributed by atoms with Crippen LogP contribution in [0.2, 0.25) is 0 Å². The number of nitrogens with zero attached hydrogens (tertiary/aromatic N) is 4. The zero-order chi connectivity index (χ0) is 18.5. The molecule has 1 aromatic heterocycles. The molecule has 2 N–H and O–H groups in total. The van der Waals surface area contributed by atoms with E-state index in [2.05, 4.69) is 34.7 Å². The van der Waals surface area contributed by atoms with Crippen molar-refractivity contribution in [3.05, 3.63) is 11.6 Å². The van der Waals surface area contributed by atoms with E-state index in [-0.39, 0.29) is 0 Å². The molecule has 0 radical (unpaired) electrons. The Kier molecular flexibility index (Phi) is 6.54. The summed E-state index contributed by atoms with van der Waals surface area (Å²) in [4.78, 5) is 4.88. The third-order valence-electron chi connectivity index (χ3n) is 6.03. The fourth-order valence-electron chi connectivity index (χ4n) is 4.57. The molecule has 0 aromatic carbocycles. The monoisotopic (exact) mass is 360 g/mol. The molecule has 0 bridgehead atoms. The number of aryl methyl sites for hydroxylation is 1. The summed E-state index contributed by atoms with van der Waals surface area (Å²) in [5.74, 6) is 4.38. The molecule has 0 saturated heterocycles. The number of guanidine groups is 1. The summed E-state index contributed by atoms with van der Waals surface area (Å²) >= 11 is 0. The third kappa shape index (κ3) is 5.21. The Labute approximate surface area is 158 Å². The van der Waals surface area contributed by atoms with Gasteiger partial charge in [-0.25, -0.2) is 4.99 Å². The summed E-state index contributed by atoms with van der Waals surface area (Å²) in [5.41, 5.74) is 0. The van der Waals surface area contributed by atoms with Crippen molar-refractivity contribution in [1.29, 1.82) is 0 Å². The minimum absolute atomic E-state index is 0.518. The normalized spacial score (nSPS) is 28.2. The third-order valence-corrected chi connectivity index (χ3v) is 6.03. The van der Waals surface area contributed by atoms with Gasteiger partial charge in [0.15, 0.2) is 11.8 Å². The van der Waals surface area contributed by atoms with E-state index < -0.39 is 0 Å². The van der Waals surface area contributed by atoms with E-state index in [1.54, 1.807) is 0 Å². The van der Waals surface area contributed by atoms with Crippen LogP contribution in [0.1, 0.15) is 76.9 Å². The number of hydrogen-bond acceptors (Lipinski definition) is 3. The number of hydrogen-bond donors (Lipinski definition) is 2. The van der Waals surface area contributed by atoms with E-state index >= 15 is 0 Å². The highest BCUT2D eigenvalue weighted by atomic mass is 15.3. The van der Waals surface area contributed by atoms with Crippen LogP contribution in [0.15, 0.2) is 4.99 Å². The van der Waals surface area contributed by atoms with Crippen molar-refractivity contribution in [2.24, 2.45) is 23.9 Å². The molecule has 3 rings (SSSR count). The van der Waals surface area contributed by atoms with Gasteiger partial charge in [0.05, 0.1) is 0 Å². The van der Waals surface area contributed by atoms with Crippen molar-refractivity contribution >= 4 is 5.96 Å². The molecule has 0 aliphatic heterocycles. The summed E-state index contributed by atoms with van der Waals surface area (Å²) in [6.07, 6.45) is 10.3. The van der Waals surface area contributed by atoms with Crippen LogP contribution in [0.4, 0.5) is 0 Å². The van der Waals surface area contributed by atoms with Crippen molar-refractivity contribution in [2.45, 2.75) is 90.8 Å². The van der Waals surface area contributed by atoms with Crippen LogP contribution in [-0.4, -0.2) is 32.8 Å². The molecule has 2 atom stereocenters. The first kappa shape index (κ1) is 19.2. The quantitative estimate of drug-likeness (QED) is 0.638. The topological polar surface area (TPSA) is 67.1 Å². The molecule has 2 aliphatic rings. The second-order valence-corrected chi connectivity index (χ2v) is 8.63. The lowest BCUT2D eigenvalue weighted by Crippen LogP contribution is -2.49. The molecule has 1 heterocycles. The van der Waals surface area contributed by atoms with Crippen molar-refractivity contribution in [2.75, 3.05) is 0 Å². The molecule has 2 aliphatic carbocycles. The molecule has 2 fully saturated rings. The summed E-state index contributed by atoms with van der Waals surface area (Å²) in [6.45, 7) is 7.29. The summed E-state index contributed by atoms with van der Waals surface area (Å²) in [7, 11) is 2.01. The van der Waals surface area contributed by atoms with Crippen LogP contribution >= 0.6 is 0 Å². The van der Waals surface area contributed by atoms with Crippen LogP contribution in [0.5, 0.6) is 0 Å². The van der Waals surface area contributed by atoms with Gasteiger partial charge in [-0.1, -0.05) is 33.1 Å². The Morgan fingerprint density at radius 1 is 1.00 bits per heavy atom. The molecule has 26 heavy (non-hydrogen) atoms. The van der Waals surface area contributed by atoms with Gasteiger partial charge in [-0.15, -0.1) is 10.2 Å². The summed E-state index contributed by atoms with van der Waals surface area (Å²) in [5, 5.41) is 15.9. The lowest BCUT2D eigenvalue weighted by Gasteiger charge is -2.34. The maximum absolute atomic E-state index is 4.88. The van der Waals surface area contributed by atoms with Gasteiger partial charge in [-0.3, -0.25) is 0 Å². The minimum atomic E-state index is 0.518. The zero-order valence-corrected chi connectivity index (χ0v) is 17.0. The minimum Gasteiger partial charge on any atom is -0.354 e. The lowest BCUT2D eigenvalue weighted by atomic mass is 9.80. The highest BCUT2D eigenvalue weighted by molar-refractivity contribution is 5.80. The van der Waals surface area contributed by atoms with E-state index in [9.17, 15) is 0 Å². The largest absolute Gasteiger partial charge is 0.354 e. The van der Waals surface area contributed by atoms with Gasteiger partial charge >= 0.3 is 0 Å². The second-order valence-electron chi connectivity index (χ2n) is 8.63. The fourth-order valence-corrected chi connectivity index (χ4v) is 4.57. The fraction of sp³-hybridized carbons (Fsp3) is 0.850. The first-order valence-corrected chi connectivity index (χ1v) is 10.4. The van der Waals surface area contributed by atoms with Crippen LogP contribution in [0, 0.1) is 18.8 Å². The van der Waals surface area contributed by atoms with Gasteiger partial charge in [0.2, 0.25) is 0 Å². The highest BCUT2D eigenvalue weighted by Gasteiger charge is 2.25. The number of aliphatic imine (C=N–C) groups is 1. The predicted octanol–water partition coefficient (Wildman–Crippen LogP) is 3.32. The van der Waals surface area contributed by atoms with E-state index in [4.69, 9.17) is 4.99 Å². The van der Waals surface area contributed by atoms with Gasteiger partial charge in [0, 0.05) is 19.1 Å². The van der Waals surface area contributed by atoms with Gasteiger partial charge in [-0.05, 0) is 50.9 Å². The predicted molar refractivity (Wildman–Crippen MR) is 106 cm³/mol. The molecule has 6 nitrogen and oxygen atoms in total. The first-order valence-electron chi connectivity index (χ1n) is 10.4. The van der Waals surface area contributed by atoms with Crippen LogP contribution in [0.25, 0.3) is 0 Å². The molecule has 0 spiro atoms. The van der Waals surface area contributed by atoms with Gasteiger partial charge < -0.3 is 15.2 Å². The molecule has 1 aromatic rings.